The smallest absolute Gasteiger partial charge is 0.194 e. The molecule has 1 saturated carbocycles. The Morgan fingerprint density at radius 3 is 2.08 bits per heavy atom. The number of benzene rings is 2. The van der Waals surface area contributed by atoms with Gasteiger partial charge in [-0.15, -0.1) is 0 Å². The van der Waals surface area contributed by atoms with Crippen molar-refractivity contribution in [2.75, 3.05) is 0 Å². The Balaban J connectivity index is 1.58. The summed E-state index contributed by atoms with van der Waals surface area (Å²) < 4.78 is 44.7. The quantitative estimate of drug-likeness (QED) is 0.571. The molecular weight excluding hydrogens is 325 g/mol. The number of hydrogen-bond donors (Lipinski definition) is 0. The van der Waals surface area contributed by atoms with E-state index in [1.54, 1.807) is 0 Å². The van der Waals surface area contributed by atoms with Crippen LogP contribution in [0.15, 0.2) is 36.4 Å². The molecule has 25 heavy (non-hydrogen) atoms. The van der Waals surface area contributed by atoms with Crippen LogP contribution in [-0.4, -0.2) is 0 Å². The van der Waals surface area contributed by atoms with E-state index in [1.165, 1.54) is 37.7 Å². The minimum atomic E-state index is -1.48. The van der Waals surface area contributed by atoms with Crippen molar-refractivity contribution in [1.82, 2.24) is 0 Å². The van der Waals surface area contributed by atoms with E-state index in [-0.39, 0.29) is 12.4 Å². The first-order valence-corrected chi connectivity index (χ1v) is 8.93. The molecule has 0 saturated heterocycles. The van der Waals surface area contributed by atoms with Gasteiger partial charge in [0.25, 0.3) is 0 Å². The molecule has 0 amide bonds. The lowest BCUT2D eigenvalue weighted by Gasteiger charge is -2.28. The average Bonchev–Trinajstić information content (AvgIpc) is 2.65. The maximum Gasteiger partial charge on any atom is 0.194 e. The van der Waals surface area contributed by atoms with E-state index in [9.17, 15) is 13.2 Å². The van der Waals surface area contributed by atoms with Crippen LogP contribution >= 0.6 is 0 Å². The molecule has 0 bridgehead atoms. The molecule has 1 aliphatic carbocycles. The van der Waals surface area contributed by atoms with Gasteiger partial charge in [0.05, 0.1) is 0 Å². The van der Waals surface area contributed by atoms with Crippen LogP contribution in [0, 0.1) is 23.4 Å². The second kappa shape index (κ2) is 7.94. The lowest BCUT2D eigenvalue weighted by atomic mass is 9.78. The highest BCUT2D eigenvalue weighted by Gasteiger charge is 2.21. The Morgan fingerprint density at radius 1 is 0.920 bits per heavy atom. The molecule has 0 aromatic heterocycles. The average molecular weight is 348 g/mol. The molecule has 0 N–H and O–H groups in total. The molecule has 0 atom stereocenters. The van der Waals surface area contributed by atoms with Crippen molar-refractivity contribution in [2.45, 2.75) is 51.6 Å². The molecule has 2 aromatic carbocycles. The van der Waals surface area contributed by atoms with E-state index in [2.05, 4.69) is 19.1 Å². The highest BCUT2D eigenvalue weighted by atomic mass is 19.2. The zero-order chi connectivity index (χ0) is 17.8. The summed E-state index contributed by atoms with van der Waals surface area (Å²) >= 11 is 0. The second-order valence-corrected chi connectivity index (χ2v) is 6.86. The van der Waals surface area contributed by atoms with Crippen LogP contribution in [-0.2, 0) is 6.61 Å². The first-order chi connectivity index (χ1) is 12.1. The van der Waals surface area contributed by atoms with Gasteiger partial charge in [0.1, 0.15) is 12.4 Å². The molecule has 0 radical (unpaired) electrons. The molecule has 0 spiro atoms. The van der Waals surface area contributed by atoms with E-state index < -0.39 is 17.5 Å². The Labute approximate surface area is 146 Å². The molecule has 1 nitrogen and oxygen atoms in total. The molecule has 0 aliphatic heterocycles. The van der Waals surface area contributed by atoms with E-state index >= 15 is 0 Å². The molecule has 2 aromatic rings. The number of hydrogen-bond acceptors (Lipinski definition) is 1. The normalized spacial score (nSPS) is 20.5. The Bertz CT molecular complexity index is 681. The Hall–Kier alpha value is -1.97. The van der Waals surface area contributed by atoms with Gasteiger partial charge >= 0.3 is 0 Å². The molecule has 1 aliphatic rings. The minimum Gasteiger partial charge on any atom is -0.489 e. The van der Waals surface area contributed by atoms with Gasteiger partial charge in [-0.25, -0.2) is 13.2 Å². The number of rotatable bonds is 5. The molecule has 0 heterocycles. The summed E-state index contributed by atoms with van der Waals surface area (Å²) in [6, 6.07) is 9.91. The standard InChI is InChI=1S/C21H23F3O/c1-2-14-3-7-16(8-4-14)17-9-5-15(6-10-17)13-25-18-11-19(22)21(24)20(23)12-18/h5-6,9-12,14,16H,2-4,7-8,13H2,1H3/t14-,16-. The van der Waals surface area contributed by atoms with Gasteiger partial charge in [0.15, 0.2) is 17.5 Å². The van der Waals surface area contributed by atoms with Gasteiger partial charge in [0.2, 0.25) is 0 Å². The van der Waals surface area contributed by atoms with Gasteiger partial charge in [-0.2, -0.15) is 0 Å². The van der Waals surface area contributed by atoms with Crippen molar-refractivity contribution in [3.8, 4) is 5.75 Å². The van der Waals surface area contributed by atoms with Crippen LogP contribution in [0.25, 0.3) is 0 Å². The van der Waals surface area contributed by atoms with Gasteiger partial charge in [0, 0.05) is 12.1 Å². The van der Waals surface area contributed by atoms with Crippen LogP contribution < -0.4 is 4.74 Å². The van der Waals surface area contributed by atoms with E-state index in [0.29, 0.717) is 5.92 Å². The maximum atomic E-state index is 13.2. The molecule has 134 valence electrons. The van der Waals surface area contributed by atoms with Crippen molar-refractivity contribution < 1.29 is 17.9 Å². The minimum absolute atomic E-state index is 0.0154. The van der Waals surface area contributed by atoms with Gasteiger partial charge < -0.3 is 4.74 Å². The molecule has 0 unspecified atom stereocenters. The van der Waals surface area contributed by atoms with Gasteiger partial charge in [-0.05, 0) is 48.6 Å². The zero-order valence-corrected chi connectivity index (χ0v) is 14.4. The van der Waals surface area contributed by atoms with Crippen LogP contribution in [0.1, 0.15) is 56.1 Å². The summed E-state index contributed by atoms with van der Waals surface area (Å²) in [5, 5.41) is 0. The summed E-state index contributed by atoms with van der Waals surface area (Å²) in [5.41, 5.74) is 2.26. The summed E-state index contributed by atoms with van der Waals surface area (Å²) in [4.78, 5) is 0. The number of halogens is 3. The maximum absolute atomic E-state index is 13.2. The van der Waals surface area contributed by atoms with Gasteiger partial charge in [-0.1, -0.05) is 37.6 Å². The van der Waals surface area contributed by atoms with Crippen LogP contribution in [0.3, 0.4) is 0 Å². The Morgan fingerprint density at radius 2 is 1.52 bits per heavy atom. The lowest BCUT2D eigenvalue weighted by molar-refractivity contribution is 0.299. The fraction of sp³-hybridized carbons (Fsp3) is 0.429. The summed E-state index contributed by atoms with van der Waals surface area (Å²) in [6.45, 7) is 2.45. The number of ether oxygens (including phenoxy) is 1. The first kappa shape index (κ1) is 17.8. The van der Waals surface area contributed by atoms with Crippen molar-refractivity contribution in [2.24, 2.45) is 5.92 Å². The van der Waals surface area contributed by atoms with E-state index in [1.807, 2.05) is 12.1 Å². The highest BCUT2D eigenvalue weighted by molar-refractivity contribution is 5.28. The van der Waals surface area contributed by atoms with Crippen LogP contribution in [0.2, 0.25) is 0 Å². The third-order valence-electron chi connectivity index (χ3n) is 5.24. The third-order valence-corrected chi connectivity index (χ3v) is 5.24. The Kier molecular flexibility index (Phi) is 5.67. The van der Waals surface area contributed by atoms with Crippen LogP contribution in [0.4, 0.5) is 13.2 Å². The lowest BCUT2D eigenvalue weighted by Crippen LogP contribution is -2.12. The molecule has 1 fully saturated rings. The zero-order valence-electron chi connectivity index (χ0n) is 14.4. The van der Waals surface area contributed by atoms with Gasteiger partial charge in [-0.3, -0.25) is 0 Å². The molecule has 3 rings (SSSR count). The van der Waals surface area contributed by atoms with E-state index in [4.69, 9.17) is 4.74 Å². The van der Waals surface area contributed by atoms with Crippen molar-refractivity contribution in [1.29, 1.82) is 0 Å². The van der Waals surface area contributed by atoms with Crippen molar-refractivity contribution in [3.63, 3.8) is 0 Å². The summed E-state index contributed by atoms with van der Waals surface area (Å²) in [7, 11) is 0. The molecular formula is C21H23F3O. The topological polar surface area (TPSA) is 9.23 Å². The summed E-state index contributed by atoms with van der Waals surface area (Å²) in [5.74, 6) is -2.48. The SMILES string of the molecule is CC[C@H]1CC[C@H](c2ccc(COc3cc(F)c(F)c(F)c3)cc2)CC1. The fourth-order valence-corrected chi connectivity index (χ4v) is 3.57. The first-order valence-electron chi connectivity index (χ1n) is 8.93. The summed E-state index contributed by atoms with van der Waals surface area (Å²) in [6.07, 6.45) is 6.35. The van der Waals surface area contributed by atoms with Crippen molar-refractivity contribution >= 4 is 0 Å². The predicted octanol–water partition coefficient (Wildman–Crippen LogP) is 6.37. The monoisotopic (exact) mass is 348 g/mol. The highest BCUT2D eigenvalue weighted by Crippen LogP contribution is 2.36. The molecule has 4 heteroatoms. The van der Waals surface area contributed by atoms with Crippen molar-refractivity contribution in [3.05, 3.63) is 65.0 Å². The third kappa shape index (κ3) is 4.36. The fourth-order valence-electron chi connectivity index (χ4n) is 3.57. The van der Waals surface area contributed by atoms with E-state index in [0.717, 1.165) is 23.6 Å². The largest absolute Gasteiger partial charge is 0.489 e. The van der Waals surface area contributed by atoms with Crippen LogP contribution in [0.5, 0.6) is 5.75 Å². The second-order valence-electron chi connectivity index (χ2n) is 6.86. The predicted molar refractivity (Wildman–Crippen MR) is 92.1 cm³/mol.